The summed E-state index contributed by atoms with van der Waals surface area (Å²) in [6, 6.07) is 13.1. The molecule has 0 N–H and O–H groups in total. The molecule has 2 heterocycles. The second kappa shape index (κ2) is 6.72. The van der Waals surface area contributed by atoms with Gasteiger partial charge in [0.25, 0.3) is 5.91 Å². The first-order valence-electron chi connectivity index (χ1n) is 8.33. The molecular weight excluding hydrogens is 336 g/mol. The van der Waals surface area contributed by atoms with Gasteiger partial charge in [-0.25, -0.2) is 0 Å². The molecule has 5 nitrogen and oxygen atoms in total. The summed E-state index contributed by atoms with van der Waals surface area (Å²) in [6.45, 7) is 4.01. The van der Waals surface area contributed by atoms with Crippen LogP contribution in [0.4, 0.5) is 0 Å². The number of aryl methyl sites for hydroxylation is 1. The molecule has 0 spiro atoms. The molecule has 1 aliphatic heterocycles. The first kappa shape index (κ1) is 15.9. The predicted molar refractivity (Wildman–Crippen MR) is 97.4 cm³/mol. The Kier molecular flexibility index (Phi) is 4.28. The van der Waals surface area contributed by atoms with Crippen molar-refractivity contribution in [1.29, 1.82) is 0 Å². The van der Waals surface area contributed by atoms with Gasteiger partial charge in [-0.2, -0.15) is 4.99 Å². The van der Waals surface area contributed by atoms with E-state index in [0.29, 0.717) is 23.6 Å². The minimum atomic E-state index is -0.228. The van der Waals surface area contributed by atoms with Crippen molar-refractivity contribution in [3.05, 3.63) is 52.8 Å². The van der Waals surface area contributed by atoms with E-state index in [4.69, 9.17) is 9.47 Å². The Labute approximate surface area is 149 Å². The van der Waals surface area contributed by atoms with Crippen LogP contribution in [0, 0.1) is 0 Å². The van der Waals surface area contributed by atoms with Gasteiger partial charge in [-0.3, -0.25) is 4.79 Å². The maximum Gasteiger partial charge on any atom is 0.279 e. The Morgan fingerprint density at radius 1 is 1.16 bits per heavy atom. The standard InChI is InChI=1S/C19H18N2O3S/c1-2-8-21-14-11-15-16(24-10-9-23-15)12-17(14)25-19(21)20-18(22)13-6-4-3-5-7-13/h3-7,11-12H,2,8-10H2,1H3. The number of amides is 1. The van der Waals surface area contributed by atoms with Crippen LogP contribution in [-0.4, -0.2) is 23.7 Å². The molecule has 25 heavy (non-hydrogen) atoms. The number of aromatic nitrogens is 1. The Morgan fingerprint density at radius 2 is 1.88 bits per heavy atom. The summed E-state index contributed by atoms with van der Waals surface area (Å²) < 4.78 is 14.5. The fourth-order valence-electron chi connectivity index (χ4n) is 2.86. The molecule has 0 saturated carbocycles. The van der Waals surface area contributed by atoms with Gasteiger partial charge in [-0.15, -0.1) is 0 Å². The number of carbonyl (C=O) groups is 1. The first-order valence-corrected chi connectivity index (χ1v) is 9.15. The van der Waals surface area contributed by atoms with Crippen LogP contribution in [0.1, 0.15) is 23.7 Å². The molecule has 0 fully saturated rings. The van der Waals surface area contributed by atoms with Crippen molar-refractivity contribution in [3.8, 4) is 11.5 Å². The number of fused-ring (bicyclic) bond motifs is 2. The summed E-state index contributed by atoms with van der Waals surface area (Å²) >= 11 is 1.50. The maximum absolute atomic E-state index is 12.5. The third kappa shape index (κ3) is 3.05. The summed E-state index contributed by atoms with van der Waals surface area (Å²) in [4.78, 5) is 17.6. The van der Waals surface area contributed by atoms with Crippen molar-refractivity contribution in [2.75, 3.05) is 13.2 Å². The van der Waals surface area contributed by atoms with Crippen LogP contribution in [-0.2, 0) is 6.54 Å². The summed E-state index contributed by atoms with van der Waals surface area (Å²) in [7, 11) is 0. The quantitative estimate of drug-likeness (QED) is 0.722. The predicted octanol–water partition coefficient (Wildman–Crippen LogP) is 3.63. The highest BCUT2D eigenvalue weighted by Gasteiger charge is 2.16. The number of rotatable bonds is 3. The second-order valence-corrected chi connectivity index (χ2v) is 6.79. The third-order valence-corrected chi connectivity index (χ3v) is 5.05. The lowest BCUT2D eigenvalue weighted by Gasteiger charge is -2.18. The number of carbonyl (C=O) groups excluding carboxylic acids is 1. The molecule has 2 aromatic carbocycles. The van der Waals surface area contributed by atoms with E-state index in [1.54, 1.807) is 12.1 Å². The molecule has 6 heteroatoms. The van der Waals surface area contributed by atoms with Gasteiger partial charge >= 0.3 is 0 Å². The highest BCUT2D eigenvalue weighted by atomic mass is 32.1. The second-order valence-electron chi connectivity index (χ2n) is 5.78. The summed E-state index contributed by atoms with van der Waals surface area (Å²) in [5.41, 5.74) is 1.62. The third-order valence-electron chi connectivity index (χ3n) is 4.01. The van der Waals surface area contributed by atoms with Gasteiger partial charge in [-0.05, 0) is 18.6 Å². The van der Waals surface area contributed by atoms with Crippen LogP contribution in [0.2, 0.25) is 0 Å². The first-order chi connectivity index (χ1) is 12.3. The molecule has 3 aromatic rings. The van der Waals surface area contributed by atoms with Gasteiger partial charge in [0.05, 0.1) is 10.2 Å². The molecule has 4 rings (SSSR count). The molecule has 0 atom stereocenters. The van der Waals surface area contributed by atoms with E-state index < -0.39 is 0 Å². The van der Waals surface area contributed by atoms with Gasteiger partial charge < -0.3 is 14.0 Å². The van der Waals surface area contributed by atoms with E-state index in [0.717, 1.165) is 34.7 Å². The smallest absolute Gasteiger partial charge is 0.279 e. The van der Waals surface area contributed by atoms with E-state index in [9.17, 15) is 4.79 Å². The SMILES string of the molecule is CCCn1c(=NC(=O)c2ccccc2)sc2cc3c(cc21)OCCO3. The molecule has 0 bridgehead atoms. The largest absolute Gasteiger partial charge is 0.486 e. The highest BCUT2D eigenvalue weighted by Crippen LogP contribution is 2.35. The lowest BCUT2D eigenvalue weighted by atomic mass is 10.2. The van der Waals surface area contributed by atoms with E-state index >= 15 is 0 Å². The van der Waals surface area contributed by atoms with Gasteiger partial charge in [0.2, 0.25) is 0 Å². The van der Waals surface area contributed by atoms with Crippen LogP contribution in [0.3, 0.4) is 0 Å². The number of thiazole rings is 1. The highest BCUT2D eigenvalue weighted by molar-refractivity contribution is 7.16. The summed E-state index contributed by atoms with van der Waals surface area (Å²) in [6.07, 6.45) is 0.951. The van der Waals surface area contributed by atoms with Crippen LogP contribution < -0.4 is 14.3 Å². The van der Waals surface area contributed by atoms with Gasteiger partial charge in [0.15, 0.2) is 16.3 Å². The van der Waals surface area contributed by atoms with Crippen LogP contribution >= 0.6 is 11.3 Å². The molecule has 128 valence electrons. The number of hydrogen-bond donors (Lipinski definition) is 0. The molecule has 1 aromatic heterocycles. The Hall–Kier alpha value is -2.60. The van der Waals surface area contributed by atoms with E-state index in [1.807, 2.05) is 30.3 Å². The van der Waals surface area contributed by atoms with Gasteiger partial charge in [0, 0.05) is 24.2 Å². The van der Waals surface area contributed by atoms with Crippen molar-refractivity contribution in [2.24, 2.45) is 4.99 Å². The Balaban J connectivity index is 1.86. The van der Waals surface area contributed by atoms with Gasteiger partial charge in [0.1, 0.15) is 13.2 Å². The van der Waals surface area contributed by atoms with Gasteiger partial charge in [-0.1, -0.05) is 36.5 Å². The maximum atomic E-state index is 12.5. The zero-order valence-electron chi connectivity index (χ0n) is 13.9. The Morgan fingerprint density at radius 3 is 2.60 bits per heavy atom. The fourth-order valence-corrected chi connectivity index (χ4v) is 3.93. The lowest BCUT2D eigenvalue weighted by molar-refractivity contribution is 0.0998. The lowest BCUT2D eigenvalue weighted by Crippen LogP contribution is -2.17. The number of hydrogen-bond acceptors (Lipinski definition) is 4. The normalized spacial score (nSPS) is 14.0. The fraction of sp³-hybridized carbons (Fsp3) is 0.263. The van der Waals surface area contributed by atoms with E-state index in [2.05, 4.69) is 16.5 Å². The molecule has 0 saturated heterocycles. The van der Waals surface area contributed by atoms with Crippen molar-refractivity contribution in [2.45, 2.75) is 19.9 Å². The zero-order valence-corrected chi connectivity index (χ0v) is 14.7. The molecule has 0 aliphatic carbocycles. The summed E-state index contributed by atoms with van der Waals surface area (Å²) in [5, 5.41) is 0. The minimum Gasteiger partial charge on any atom is -0.486 e. The van der Waals surface area contributed by atoms with Crippen molar-refractivity contribution in [1.82, 2.24) is 4.57 Å². The number of benzene rings is 2. The average Bonchev–Trinajstić information content (AvgIpc) is 2.97. The molecular formula is C19H18N2O3S. The Bertz CT molecular complexity index is 989. The van der Waals surface area contributed by atoms with Crippen LogP contribution in [0.5, 0.6) is 11.5 Å². The molecule has 0 unspecified atom stereocenters. The van der Waals surface area contributed by atoms with Crippen LogP contribution in [0.25, 0.3) is 10.2 Å². The van der Waals surface area contributed by atoms with E-state index in [1.165, 1.54) is 11.3 Å². The topological polar surface area (TPSA) is 52.8 Å². The monoisotopic (exact) mass is 354 g/mol. The number of nitrogens with zero attached hydrogens (tertiary/aromatic N) is 2. The van der Waals surface area contributed by atoms with E-state index in [-0.39, 0.29) is 5.91 Å². The molecule has 1 amide bonds. The number of ether oxygens (including phenoxy) is 2. The van der Waals surface area contributed by atoms with Crippen molar-refractivity contribution >= 4 is 27.5 Å². The van der Waals surface area contributed by atoms with Crippen molar-refractivity contribution in [3.63, 3.8) is 0 Å². The van der Waals surface area contributed by atoms with Crippen molar-refractivity contribution < 1.29 is 14.3 Å². The zero-order chi connectivity index (χ0) is 17.2. The summed E-state index contributed by atoms with van der Waals surface area (Å²) in [5.74, 6) is 1.28. The molecule has 0 radical (unpaired) electrons. The van der Waals surface area contributed by atoms with Crippen LogP contribution in [0.15, 0.2) is 47.5 Å². The average molecular weight is 354 g/mol. The minimum absolute atomic E-state index is 0.228. The molecule has 1 aliphatic rings.